The number of furan rings is 1. The fourth-order valence-corrected chi connectivity index (χ4v) is 2.17. The zero-order chi connectivity index (χ0) is 10.8. The van der Waals surface area contributed by atoms with E-state index < -0.39 is 0 Å². The molecule has 15 heavy (non-hydrogen) atoms. The Labute approximate surface area is 89.9 Å². The van der Waals surface area contributed by atoms with Crippen LogP contribution in [0.1, 0.15) is 41.1 Å². The summed E-state index contributed by atoms with van der Waals surface area (Å²) in [6, 6.07) is 2.21. The predicted molar refractivity (Wildman–Crippen MR) is 58.2 cm³/mol. The first kappa shape index (κ1) is 10.4. The van der Waals surface area contributed by atoms with Gasteiger partial charge in [0, 0.05) is 12.5 Å². The number of nitrogens with one attached hydrogen (secondary N) is 1. The van der Waals surface area contributed by atoms with E-state index in [0.29, 0.717) is 12.5 Å². The fourth-order valence-electron chi connectivity index (χ4n) is 2.17. The van der Waals surface area contributed by atoms with Crippen molar-refractivity contribution in [1.29, 1.82) is 0 Å². The van der Waals surface area contributed by atoms with Gasteiger partial charge in [-0.05, 0) is 39.3 Å². The highest BCUT2D eigenvalue weighted by Crippen LogP contribution is 2.18. The van der Waals surface area contributed by atoms with Gasteiger partial charge in [-0.25, -0.2) is 0 Å². The molecule has 0 aliphatic carbocycles. The Bertz CT molecular complexity index is 362. The highest BCUT2D eigenvalue weighted by Gasteiger charge is 2.20. The Kier molecular flexibility index (Phi) is 2.91. The van der Waals surface area contributed by atoms with Crippen molar-refractivity contribution in [3.05, 3.63) is 23.2 Å². The summed E-state index contributed by atoms with van der Waals surface area (Å²) in [6.45, 7) is 4.77. The number of rotatable bonds is 3. The predicted octanol–water partition coefficient (Wildman–Crippen LogP) is 2.22. The summed E-state index contributed by atoms with van der Waals surface area (Å²) in [6.07, 6.45) is 2.89. The number of ketones is 1. The van der Waals surface area contributed by atoms with Gasteiger partial charge >= 0.3 is 0 Å². The summed E-state index contributed by atoms with van der Waals surface area (Å²) in [5, 5.41) is 3.33. The van der Waals surface area contributed by atoms with Crippen LogP contribution in [0.15, 0.2) is 10.5 Å². The normalized spacial score (nSPS) is 20.8. The first-order chi connectivity index (χ1) is 7.16. The molecule has 82 valence electrons. The van der Waals surface area contributed by atoms with Crippen LogP contribution in [0.4, 0.5) is 0 Å². The molecule has 1 N–H and O–H groups in total. The third-order valence-electron chi connectivity index (χ3n) is 2.94. The van der Waals surface area contributed by atoms with Crippen molar-refractivity contribution in [1.82, 2.24) is 5.32 Å². The van der Waals surface area contributed by atoms with Gasteiger partial charge in [-0.2, -0.15) is 0 Å². The van der Waals surface area contributed by atoms with Gasteiger partial charge in [0.1, 0.15) is 11.5 Å². The third-order valence-corrected chi connectivity index (χ3v) is 2.94. The average molecular weight is 207 g/mol. The molecule has 1 atom stereocenters. The molecule has 1 aromatic heterocycles. The van der Waals surface area contributed by atoms with Crippen LogP contribution < -0.4 is 5.32 Å². The molecule has 1 saturated heterocycles. The van der Waals surface area contributed by atoms with Gasteiger partial charge in [0.25, 0.3) is 0 Å². The lowest BCUT2D eigenvalue weighted by atomic mass is 10.0. The van der Waals surface area contributed by atoms with Crippen molar-refractivity contribution in [3.63, 3.8) is 0 Å². The van der Waals surface area contributed by atoms with Gasteiger partial charge in [0.15, 0.2) is 5.78 Å². The molecule has 1 aliphatic rings. The minimum absolute atomic E-state index is 0.198. The van der Waals surface area contributed by atoms with Crippen molar-refractivity contribution < 1.29 is 9.21 Å². The molecular formula is C12H17NO2. The van der Waals surface area contributed by atoms with E-state index >= 15 is 0 Å². The van der Waals surface area contributed by atoms with Gasteiger partial charge < -0.3 is 9.73 Å². The first-order valence-corrected chi connectivity index (χ1v) is 5.50. The molecule has 3 heteroatoms. The topological polar surface area (TPSA) is 42.2 Å². The molecule has 3 nitrogen and oxygen atoms in total. The zero-order valence-electron chi connectivity index (χ0n) is 9.30. The van der Waals surface area contributed by atoms with Crippen LogP contribution in [0.5, 0.6) is 0 Å². The Morgan fingerprint density at radius 3 is 2.93 bits per heavy atom. The quantitative estimate of drug-likeness (QED) is 0.773. The minimum Gasteiger partial charge on any atom is -0.466 e. The highest BCUT2D eigenvalue weighted by atomic mass is 16.3. The van der Waals surface area contributed by atoms with E-state index in [1.54, 1.807) is 0 Å². The van der Waals surface area contributed by atoms with Crippen molar-refractivity contribution in [2.24, 2.45) is 0 Å². The van der Waals surface area contributed by atoms with Gasteiger partial charge in [-0.3, -0.25) is 4.79 Å². The van der Waals surface area contributed by atoms with Crippen molar-refractivity contribution in [2.45, 2.75) is 39.2 Å². The van der Waals surface area contributed by atoms with Crippen molar-refractivity contribution in [2.75, 3.05) is 6.54 Å². The SMILES string of the molecule is Cc1cc(C(=O)CC2CCCN2)c(C)o1. The number of hydrogen-bond acceptors (Lipinski definition) is 3. The molecule has 0 aromatic carbocycles. The molecule has 1 aliphatic heterocycles. The zero-order valence-corrected chi connectivity index (χ0v) is 9.30. The maximum atomic E-state index is 11.9. The molecule has 2 rings (SSSR count). The molecule has 1 unspecified atom stereocenters. The second-order valence-electron chi connectivity index (χ2n) is 4.25. The summed E-state index contributed by atoms with van der Waals surface area (Å²) in [5.41, 5.74) is 0.751. The number of aryl methyl sites for hydroxylation is 2. The van der Waals surface area contributed by atoms with Crippen LogP contribution in [0.3, 0.4) is 0 Å². The van der Waals surface area contributed by atoms with Crippen molar-refractivity contribution >= 4 is 5.78 Å². The summed E-state index contributed by atoms with van der Waals surface area (Å²) in [4.78, 5) is 11.9. The van der Waals surface area contributed by atoms with Crippen LogP contribution in [-0.2, 0) is 0 Å². The van der Waals surface area contributed by atoms with Gasteiger partial charge in [0.2, 0.25) is 0 Å². The van der Waals surface area contributed by atoms with Crippen LogP contribution in [-0.4, -0.2) is 18.4 Å². The Morgan fingerprint density at radius 1 is 1.60 bits per heavy atom. The van der Waals surface area contributed by atoms with Gasteiger partial charge in [0.05, 0.1) is 5.56 Å². The van der Waals surface area contributed by atoms with Gasteiger partial charge in [-0.1, -0.05) is 0 Å². The van der Waals surface area contributed by atoms with E-state index in [9.17, 15) is 4.79 Å². The van der Waals surface area contributed by atoms with E-state index in [2.05, 4.69) is 5.32 Å². The average Bonchev–Trinajstić information content (AvgIpc) is 2.75. The van der Waals surface area contributed by atoms with Crippen LogP contribution in [0.2, 0.25) is 0 Å². The molecule has 0 radical (unpaired) electrons. The summed E-state index contributed by atoms with van der Waals surface area (Å²) < 4.78 is 5.36. The lowest BCUT2D eigenvalue weighted by molar-refractivity contribution is 0.0970. The van der Waals surface area contributed by atoms with E-state index in [4.69, 9.17) is 4.42 Å². The highest BCUT2D eigenvalue weighted by molar-refractivity contribution is 5.97. The molecule has 1 fully saturated rings. The Morgan fingerprint density at radius 2 is 2.40 bits per heavy atom. The van der Waals surface area contributed by atoms with Crippen molar-refractivity contribution in [3.8, 4) is 0 Å². The first-order valence-electron chi connectivity index (χ1n) is 5.50. The molecule has 0 spiro atoms. The fraction of sp³-hybridized carbons (Fsp3) is 0.583. The van der Waals surface area contributed by atoms with E-state index in [1.807, 2.05) is 19.9 Å². The van der Waals surface area contributed by atoms with Crippen LogP contribution >= 0.6 is 0 Å². The van der Waals surface area contributed by atoms with Crippen LogP contribution in [0.25, 0.3) is 0 Å². The van der Waals surface area contributed by atoms with E-state index in [-0.39, 0.29) is 5.78 Å². The Hall–Kier alpha value is -1.09. The largest absolute Gasteiger partial charge is 0.466 e. The molecule has 0 saturated carbocycles. The molecule has 0 bridgehead atoms. The number of carbonyl (C=O) groups is 1. The Balaban J connectivity index is 2.03. The van der Waals surface area contributed by atoms with Gasteiger partial charge in [-0.15, -0.1) is 0 Å². The summed E-state index contributed by atoms with van der Waals surface area (Å²) in [7, 11) is 0. The summed E-state index contributed by atoms with van der Waals surface area (Å²) in [5.74, 6) is 1.76. The smallest absolute Gasteiger partial charge is 0.167 e. The second kappa shape index (κ2) is 4.19. The molecule has 1 aromatic rings. The number of Topliss-reactive ketones (excluding diaryl/α,β-unsaturated/α-hetero) is 1. The molecule has 2 heterocycles. The molecular weight excluding hydrogens is 190 g/mol. The maximum Gasteiger partial charge on any atom is 0.167 e. The van der Waals surface area contributed by atoms with E-state index in [1.165, 1.54) is 6.42 Å². The standard InChI is InChI=1S/C12H17NO2/c1-8-6-11(9(2)15-8)12(14)7-10-4-3-5-13-10/h6,10,13H,3-5,7H2,1-2H3. The lowest BCUT2D eigenvalue weighted by Crippen LogP contribution is -2.24. The third kappa shape index (κ3) is 2.29. The van der Waals surface area contributed by atoms with E-state index in [0.717, 1.165) is 30.0 Å². The lowest BCUT2D eigenvalue weighted by Gasteiger charge is -2.07. The number of carbonyl (C=O) groups excluding carboxylic acids is 1. The monoisotopic (exact) mass is 207 g/mol. The number of hydrogen-bond donors (Lipinski definition) is 1. The summed E-state index contributed by atoms with van der Waals surface area (Å²) >= 11 is 0. The van der Waals surface area contributed by atoms with Crippen LogP contribution in [0, 0.1) is 13.8 Å². The second-order valence-corrected chi connectivity index (χ2v) is 4.25. The minimum atomic E-state index is 0.198. The molecule has 0 amide bonds. The maximum absolute atomic E-state index is 11.9.